The Hall–Kier alpha value is -3.44. The van der Waals surface area contributed by atoms with Crippen LogP contribution in [0.15, 0.2) is 72.4 Å². The summed E-state index contributed by atoms with van der Waals surface area (Å²) >= 11 is 5.95. The van der Waals surface area contributed by atoms with Gasteiger partial charge in [0.1, 0.15) is 11.5 Å². The van der Waals surface area contributed by atoms with Gasteiger partial charge < -0.3 is 4.90 Å². The number of rotatable bonds is 3. The van der Waals surface area contributed by atoms with Crippen molar-refractivity contribution in [3.8, 4) is 0 Å². The van der Waals surface area contributed by atoms with E-state index in [4.69, 9.17) is 11.6 Å². The van der Waals surface area contributed by atoms with Crippen LogP contribution in [0.2, 0.25) is 5.02 Å². The van der Waals surface area contributed by atoms with Crippen molar-refractivity contribution in [2.75, 3.05) is 11.4 Å². The van der Waals surface area contributed by atoms with E-state index >= 15 is 0 Å². The first-order valence-corrected chi connectivity index (χ1v) is 10.8. The summed E-state index contributed by atoms with van der Waals surface area (Å²) in [6.45, 7) is 3.13. The molecule has 3 aromatic rings. The smallest absolute Gasteiger partial charge is 0.282 e. The highest BCUT2D eigenvalue weighted by atomic mass is 35.5. The van der Waals surface area contributed by atoms with Crippen LogP contribution in [0.1, 0.15) is 22.3 Å². The van der Waals surface area contributed by atoms with Gasteiger partial charge in [0.2, 0.25) is 0 Å². The number of anilines is 1. The summed E-state index contributed by atoms with van der Waals surface area (Å²) in [7, 11) is 0. The van der Waals surface area contributed by atoms with Gasteiger partial charge in [-0.3, -0.25) is 9.59 Å². The number of fused-ring (bicyclic) bond motifs is 1. The summed E-state index contributed by atoms with van der Waals surface area (Å²) in [6, 6.07) is 19.6. The number of hydrogen-bond donors (Lipinski definition) is 0. The van der Waals surface area contributed by atoms with Crippen LogP contribution in [-0.4, -0.2) is 23.3 Å². The number of carbonyl (C=O) groups is 2. The van der Waals surface area contributed by atoms with Gasteiger partial charge in [0, 0.05) is 13.1 Å². The van der Waals surface area contributed by atoms with E-state index in [1.54, 1.807) is 0 Å². The second kappa shape index (κ2) is 7.92. The molecule has 160 valence electrons. The van der Waals surface area contributed by atoms with Gasteiger partial charge in [0.25, 0.3) is 11.8 Å². The third kappa shape index (κ3) is 3.39. The van der Waals surface area contributed by atoms with Crippen LogP contribution in [0.25, 0.3) is 5.57 Å². The van der Waals surface area contributed by atoms with Crippen molar-refractivity contribution in [1.82, 2.24) is 4.90 Å². The van der Waals surface area contributed by atoms with Crippen LogP contribution in [0.5, 0.6) is 0 Å². The zero-order chi connectivity index (χ0) is 22.4. The molecule has 0 spiro atoms. The number of benzene rings is 3. The fourth-order valence-corrected chi connectivity index (χ4v) is 4.51. The molecule has 2 aliphatic heterocycles. The number of nitrogens with zero attached hydrogens (tertiary/aromatic N) is 2. The molecule has 5 rings (SSSR count). The predicted octanol–water partition coefficient (Wildman–Crippen LogP) is 5.13. The third-order valence-electron chi connectivity index (χ3n) is 6.01. The summed E-state index contributed by atoms with van der Waals surface area (Å²) in [4.78, 5) is 30.3. The standard InChI is InChI=1S/C26H20ClFN2O2/c1-16-6-8-18(9-7-16)23-24(29-13-12-17-4-2-3-5-19(17)15-29)26(32)30(25(23)31)20-10-11-22(28)21(27)14-20/h2-11,14H,12-13,15H2,1H3. The molecule has 0 bridgehead atoms. The molecule has 32 heavy (non-hydrogen) atoms. The quantitative estimate of drug-likeness (QED) is 0.524. The van der Waals surface area contributed by atoms with E-state index < -0.39 is 17.6 Å². The summed E-state index contributed by atoms with van der Waals surface area (Å²) in [5, 5.41) is -0.139. The highest BCUT2D eigenvalue weighted by Crippen LogP contribution is 2.37. The van der Waals surface area contributed by atoms with Gasteiger partial charge in [-0.15, -0.1) is 0 Å². The lowest BCUT2D eigenvalue weighted by molar-refractivity contribution is -0.120. The molecular weight excluding hydrogens is 427 g/mol. The summed E-state index contributed by atoms with van der Waals surface area (Å²) in [5.41, 5.74) is 5.10. The number of carbonyl (C=O) groups excluding carboxylic acids is 2. The Morgan fingerprint density at radius 3 is 2.34 bits per heavy atom. The molecule has 0 fully saturated rings. The lowest BCUT2D eigenvalue weighted by Crippen LogP contribution is -2.37. The fourth-order valence-electron chi connectivity index (χ4n) is 4.34. The molecule has 0 aromatic heterocycles. The Bertz CT molecular complexity index is 1280. The average molecular weight is 447 g/mol. The SMILES string of the molecule is Cc1ccc(C2=C(N3CCc4ccccc4C3)C(=O)N(c3ccc(F)c(Cl)c3)C2=O)cc1. The van der Waals surface area contributed by atoms with Crippen LogP contribution < -0.4 is 4.90 Å². The summed E-state index contributed by atoms with van der Waals surface area (Å²) < 4.78 is 13.7. The third-order valence-corrected chi connectivity index (χ3v) is 6.30. The van der Waals surface area contributed by atoms with Crippen molar-refractivity contribution in [2.24, 2.45) is 0 Å². The summed E-state index contributed by atoms with van der Waals surface area (Å²) in [5.74, 6) is -1.46. The Balaban J connectivity index is 1.62. The van der Waals surface area contributed by atoms with E-state index in [0.29, 0.717) is 29.9 Å². The van der Waals surface area contributed by atoms with E-state index in [9.17, 15) is 14.0 Å². The zero-order valence-corrected chi connectivity index (χ0v) is 18.2. The van der Waals surface area contributed by atoms with Gasteiger partial charge in [-0.25, -0.2) is 9.29 Å². The maximum absolute atomic E-state index is 13.7. The fraction of sp³-hybridized carbons (Fsp3) is 0.154. The van der Waals surface area contributed by atoms with E-state index in [-0.39, 0.29) is 10.7 Å². The van der Waals surface area contributed by atoms with Crippen LogP contribution in [0, 0.1) is 12.7 Å². The Labute approximate surface area is 190 Å². The molecule has 0 unspecified atom stereocenters. The number of amides is 2. The minimum atomic E-state index is -0.603. The lowest BCUT2D eigenvalue weighted by Gasteiger charge is -2.31. The Morgan fingerprint density at radius 1 is 0.906 bits per heavy atom. The highest BCUT2D eigenvalue weighted by Gasteiger charge is 2.43. The molecular formula is C26H20ClFN2O2. The number of hydrogen-bond acceptors (Lipinski definition) is 3. The molecule has 0 aliphatic carbocycles. The van der Waals surface area contributed by atoms with Crippen molar-refractivity contribution < 1.29 is 14.0 Å². The van der Waals surface area contributed by atoms with Crippen molar-refractivity contribution >= 4 is 34.7 Å². The lowest BCUT2D eigenvalue weighted by atomic mass is 9.97. The first-order chi connectivity index (χ1) is 15.4. The van der Waals surface area contributed by atoms with E-state index in [1.165, 1.54) is 23.8 Å². The van der Waals surface area contributed by atoms with E-state index in [0.717, 1.165) is 22.4 Å². The molecule has 0 N–H and O–H groups in total. The molecule has 2 amide bonds. The predicted molar refractivity (Wildman–Crippen MR) is 123 cm³/mol. The molecule has 0 radical (unpaired) electrons. The van der Waals surface area contributed by atoms with Gasteiger partial charge >= 0.3 is 0 Å². The van der Waals surface area contributed by atoms with Crippen LogP contribution >= 0.6 is 11.6 Å². The Morgan fingerprint density at radius 2 is 1.62 bits per heavy atom. The summed E-state index contributed by atoms with van der Waals surface area (Å²) in [6.07, 6.45) is 0.782. The average Bonchev–Trinajstić information content (AvgIpc) is 3.06. The van der Waals surface area contributed by atoms with Crippen LogP contribution in [0.4, 0.5) is 10.1 Å². The normalized spacial score (nSPS) is 16.1. The van der Waals surface area contributed by atoms with Gasteiger partial charge in [-0.2, -0.15) is 0 Å². The number of aryl methyl sites for hydroxylation is 1. The second-order valence-electron chi connectivity index (χ2n) is 8.07. The van der Waals surface area contributed by atoms with Crippen LogP contribution in [-0.2, 0) is 22.6 Å². The first kappa shape index (κ1) is 20.5. The van der Waals surface area contributed by atoms with E-state index in [2.05, 4.69) is 6.07 Å². The zero-order valence-electron chi connectivity index (χ0n) is 17.4. The molecule has 3 aromatic carbocycles. The van der Waals surface area contributed by atoms with Crippen molar-refractivity contribution in [1.29, 1.82) is 0 Å². The maximum Gasteiger partial charge on any atom is 0.282 e. The molecule has 2 aliphatic rings. The van der Waals surface area contributed by atoms with Crippen LogP contribution in [0.3, 0.4) is 0 Å². The maximum atomic E-state index is 13.7. The molecule has 0 saturated carbocycles. The molecule has 4 nitrogen and oxygen atoms in total. The minimum absolute atomic E-state index is 0.139. The largest absolute Gasteiger partial charge is 0.362 e. The second-order valence-corrected chi connectivity index (χ2v) is 8.48. The van der Waals surface area contributed by atoms with Crippen molar-refractivity contribution in [3.63, 3.8) is 0 Å². The highest BCUT2D eigenvalue weighted by molar-refractivity contribution is 6.45. The molecule has 0 atom stereocenters. The van der Waals surface area contributed by atoms with E-state index in [1.807, 2.05) is 54.3 Å². The molecule has 6 heteroatoms. The van der Waals surface area contributed by atoms with Crippen molar-refractivity contribution in [2.45, 2.75) is 19.9 Å². The molecule has 2 heterocycles. The van der Waals surface area contributed by atoms with Gasteiger partial charge in [0.15, 0.2) is 0 Å². The number of imide groups is 1. The first-order valence-electron chi connectivity index (χ1n) is 10.4. The van der Waals surface area contributed by atoms with Gasteiger partial charge in [0.05, 0.1) is 16.3 Å². The Kier molecular flexibility index (Phi) is 5.06. The van der Waals surface area contributed by atoms with Gasteiger partial charge in [-0.1, -0.05) is 65.7 Å². The minimum Gasteiger partial charge on any atom is -0.362 e. The van der Waals surface area contributed by atoms with Gasteiger partial charge in [-0.05, 0) is 48.2 Å². The monoisotopic (exact) mass is 446 g/mol. The topological polar surface area (TPSA) is 40.6 Å². The number of halogens is 2. The van der Waals surface area contributed by atoms with Crippen molar-refractivity contribution in [3.05, 3.63) is 106 Å². The molecule has 0 saturated heterocycles.